The summed E-state index contributed by atoms with van der Waals surface area (Å²) >= 11 is 0. The van der Waals surface area contributed by atoms with Crippen LogP contribution in [-0.4, -0.2) is 17.2 Å². The van der Waals surface area contributed by atoms with Crippen LogP contribution >= 0.6 is 0 Å². The molecule has 1 saturated carbocycles. The highest BCUT2D eigenvalue weighted by Crippen LogP contribution is 2.26. The minimum absolute atomic E-state index is 0.772. The van der Waals surface area contributed by atoms with Crippen LogP contribution in [0, 0.1) is 13.8 Å². The van der Waals surface area contributed by atoms with Crippen LogP contribution in [-0.2, 0) is 13.5 Å². The fraction of sp³-hybridized carbons (Fsp3) is 0.556. The van der Waals surface area contributed by atoms with E-state index >= 15 is 0 Å². The zero-order valence-electron chi connectivity index (χ0n) is 13.0. The summed E-state index contributed by atoms with van der Waals surface area (Å²) in [7, 11) is 2.16. The Kier molecular flexibility index (Phi) is 3.84. The highest BCUT2D eigenvalue weighted by atomic mass is 14.9. The normalized spacial score (nSPS) is 16.4. The third-order valence-corrected chi connectivity index (χ3v) is 4.69. The fourth-order valence-corrected chi connectivity index (χ4v) is 3.74. The second-order valence-corrected chi connectivity index (χ2v) is 6.43. The van der Waals surface area contributed by atoms with E-state index in [1.807, 2.05) is 0 Å². The van der Waals surface area contributed by atoms with Gasteiger partial charge in [0.15, 0.2) is 0 Å². The van der Waals surface area contributed by atoms with Crippen molar-refractivity contribution < 1.29 is 0 Å². The molecule has 0 atom stereocenters. The molecule has 1 aromatic carbocycles. The van der Waals surface area contributed by atoms with Crippen molar-refractivity contribution in [2.75, 3.05) is 6.54 Å². The largest absolute Gasteiger partial charge is 0.350 e. The van der Waals surface area contributed by atoms with Crippen molar-refractivity contribution in [3.63, 3.8) is 0 Å². The van der Waals surface area contributed by atoms with E-state index in [2.05, 4.69) is 49.1 Å². The first kappa shape index (κ1) is 13.7. The highest BCUT2D eigenvalue weighted by Gasteiger charge is 2.14. The molecule has 2 aromatic rings. The van der Waals surface area contributed by atoms with Gasteiger partial charge in [0.25, 0.3) is 0 Å². The molecule has 3 rings (SSSR count). The summed E-state index contributed by atoms with van der Waals surface area (Å²) in [5.41, 5.74) is 5.63. The molecular formula is C18H26N2. The summed E-state index contributed by atoms with van der Waals surface area (Å²) in [6.07, 6.45) is 9.00. The number of rotatable bonds is 4. The predicted octanol–water partition coefficient (Wildman–Crippen LogP) is 3.87. The molecule has 0 unspecified atom stereocenters. The van der Waals surface area contributed by atoms with Crippen molar-refractivity contribution in [2.45, 2.75) is 52.0 Å². The second-order valence-electron chi connectivity index (χ2n) is 6.43. The molecule has 1 heterocycles. The molecule has 2 heteroatoms. The maximum atomic E-state index is 3.73. The van der Waals surface area contributed by atoms with Crippen LogP contribution in [0.25, 0.3) is 10.9 Å². The van der Waals surface area contributed by atoms with Crippen LogP contribution in [0.4, 0.5) is 0 Å². The van der Waals surface area contributed by atoms with Gasteiger partial charge in [0.1, 0.15) is 0 Å². The van der Waals surface area contributed by atoms with E-state index in [-0.39, 0.29) is 0 Å². The van der Waals surface area contributed by atoms with Gasteiger partial charge in [-0.3, -0.25) is 0 Å². The average molecular weight is 270 g/mol. The molecule has 0 spiro atoms. The minimum atomic E-state index is 0.772. The predicted molar refractivity (Wildman–Crippen MR) is 86.4 cm³/mol. The van der Waals surface area contributed by atoms with E-state index < -0.39 is 0 Å². The summed E-state index contributed by atoms with van der Waals surface area (Å²) in [6.45, 7) is 5.53. The number of hydrogen-bond acceptors (Lipinski definition) is 1. The maximum absolute atomic E-state index is 3.73. The van der Waals surface area contributed by atoms with Gasteiger partial charge in [-0.15, -0.1) is 0 Å². The first-order chi connectivity index (χ1) is 9.65. The summed E-state index contributed by atoms with van der Waals surface area (Å²) in [5, 5.41) is 5.19. The molecule has 1 N–H and O–H groups in total. The fourth-order valence-electron chi connectivity index (χ4n) is 3.74. The molecule has 20 heavy (non-hydrogen) atoms. The number of fused-ring (bicyclic) bond motifs is 1. The van der Waals surface area contributed by atoms with E-state index in [9.17, 15) is 0 Å². The van der Waals surface area contributed by atoms with Crippen molar-refractivity contribution in [1.29, 1.82) is 0 Å². The smallest absolute Gasteiger partial charge is 0.0485 e. The van der Waals surface area contributed by atoms with Gasteiger partial charge in [0.05, 0.1) is 0 Å². The van der Waals surface area contributed by atoms with E-state index in [0.717, 1.165) is 19.0 Å². The van der Waals surface area contributed by atoms with E-state index in [1.54, 1.807) is 0 Å². The lowest BCUT2D eigenvalue weighted by Crippen LogP contribution is -2.27. The molecule has 0 amide bonds. The van der Waals surface area contributed by atoms with Crippen molar-refractivity contribution in [3.05, 3.63) is 35.0 Å². The van der Waals surface area contributed by atoms with Crippen LogP contribution in [0.2, 0.25) is 0 Å². The molecule has 0 bridgehead atoms. The van der Waals surface area contributed by atoms with Crippen molar-refractivity contribution >= 4 is 10.9 Å². The Morgan fingerprint density at radius 2 is 1.95 bits per heavy atom. The van der Waals surface area contributed by atoms with Gasteiger partial charge in [-0.25, -0.2) is 0 Å². The molecule has 0 aliphatic heterocycles. The molecular weight excluding hydrogens is 244 g/mol. The van der Waals surface area contributed by atoms with Crippen LogP contribution in [0.3, 0.4) is 0 Å². The second kappa shape index (κ2) is 5.61. The lowest BCUT2D eigenvalue weighted by molar-refractivity contribution is 0.528. The molecule has 1 aromatic heterocycles. The van der Waals surface area contributed by atoms with Crippen LogP contribution in [0.5, 0.6) is 0 Å². The molecule has 108 valence electrons. The number of aromatic nitrogens is 1. The topological polar surface area (TPSA) is 17.0 Å². The Morgan fingerprint density at radius 1 is 1.20 bits per heavy atom. The monoisotopic (exact) mass is 270 g/mol. The molecule has 1 aliphatic rings. The average Bonchev–Trinajstić information content (AvgIpc) is 2.99. The zero-order chi connectivity index (χ0) is 14.1. The van der Waals surface area contributed by atoms with Gasteiger partial charge in [0, 0.05) is 30.2 Å². The molecule has 0 radical (unpaired) electrons. The van der Waals surface area contributed by atoms with Crippen molar-refractivity contribution in [2.24, 2.45) is 7.05 Å². The van der Waals surface area contributed by atoms with Gasteiger partial charge in [0.2, 0.25) is 0 Å². The van der Waals surface area contributed by atoms with E-state index in [1.165, 1.54) is 53.3 Å². The molecule has 1 fully saturated rings. The number of benzene rings is 1. The number of nitrogens with zero attached hydrogens (tertiary/aromatic N) is 1. The quantitative estimate of drug-likeness (QED) is 0.892. The minimum Gasteiger partial charge on any atom is -0.350 e. The van der Waals surface area contributed by atoms with E-state index in [0.29, 0.717) is 0 Å². The van der Waals surface area contributed by atoms with Crippen LogP contribution in [0.15, 0.2) is 18.3 Å². The van der Waals surface area contributed by atoms with Crippen molar-refractivity contribution in [1.82, 2.24) is 9.88 Å². The van der Waals surface area contributed by atoms with E-state index in [4.69, 9.17) is 0 Å². The Balaban J connectivity index is 1.77. The summed E-state index contributed by atoms with van der Waals surface area (Å²) in [6, 6.07) is 5.38. The number of nitrogens with one attached hydrogen (secondary N) is 1. The number of hydrogen-bond donors (Lipinski definition) is 1. The third-order valence-electron chi connectivity index (χ3n) is 4.69. The Hall–Kier alpha value is -1.28. The Morgan fingerprint density at radius 3 is 2.70 bits per heavy atom. The first-order valence-corrected chi connectivity index (χ1v) is 7.93. The summed E-state index contributed by atoms with van der Waals surface area (Å²) in [4.78, 5) is 0. The van der Waals surface area contributed by atoms with Gasteiger partial charge in [-0.05, 0) is 62.4 Å². The molecule has 0 saturated heterocycles. The summed E-state index contributed by atoms with van der Waals surface area (Å²) in [5.74, 6) is 0. The van der Waals surface area contributed by atoms with Gasteiger partial charge in [-0.1, -0.05) is 18.9 Å². The Labute approximate surface area is 122 Å². The zero-order valence-corrected chi connectivity index (χ0v) is 13.0. The lowest BCUT2D eigenvalue weighted by Gasteiger charge is -2.11. The van der Waals surface area contributed by atoms with Gasteiger partial charge < -0.3 is 9.88 Å². The number of aryl methyl sites for hydroxylation is 3. The molecule has 2 nitrogen and oxygen atoms in total. The SMILES string of the molecule is Cc1cc(C)c2c(CCNC3CCCC3)cn(C)c2c1. The third kappa shape index (κ3) is 2.62. The lowest BCUT2D eigenvalue weighted by atomic mass is 10.0. The van der Waals surface area contributed by atoms with Gasteiger partial charge in [-0.2, -0.15) is 0 Å². The standard InChI is InChI=1S/C18H26N2/c1-13-10-14(2)18-15(12-20(3)17(18)11-13)8-9-19-16-6-4-5-7-16/h10-12,16,19H,4-9H2,1-3H3. The van der Waals surface area contributed by atoms with Gasteiger partial charge >= 0.3 is 0 Å². The van der Waals surface area contributed by atoms with Crippen molar-refractivity contribution in [3.8, 4) is 0 Å². The van der Waals surface area contributed by atoms with Crippen LogP contribution < -0.4 is 5.32 Å². The maximum Gasteiger partial charge on any atom is 0.0485 e. The molecule has 1 aliphatic carbocycles. The first-order valence-electron chi connectivity index (χ1n) is 7.93. The Bertz CT molecular complexity index is 603. The highest BCUT2D eigenvalue weighted by molar-refractivity contribution is 5.87. The van der Waals surface area contributed by atoms with Crippen LogP contribution in [0.1, 0.15) is 42.4 Å². The summed E-state index contributed by atoms with van der Waals surface area (Å²) < 4.78 is 2.28.